The summed E-state index contributed by atoms with van der Waals surface area (Å²) in [6.45, 7) is 10.2. The molecule has 0 bridgehead atoms. The Kier molecular flexibility index (Phi) is 6.26. The third kappa shape index (κ3) is 5.32. The summed E-state index contributed by atoms with van der Waals surface area (Å²) >= 11 is 0. The van der Waals surface area contributed by atoms with Crippen LogP contribution in [0, 0.1) is 5.92 Å². The maximum Gasteiger partial charge on any atom is 0.338 e. The first kappa shape index (κ1) is 19.5. The lowest BCUT2D eigenvalue weighted by Crippen LogP contribution is -2.45. The molecule has 1 aromatic rings. The second kappa shape index (κ2) is 8.03. The van der Waals surface area contributed by atoms with E-state index >= 15 is 0 Å². The van der Waals surface area contributed by atoms with Crippen molar-refractivity contribution in [1.29, 1.82) is 0 Å². The van der Waals surface area contributed by atoms with Crippen molar-refractivity contribution in [2.45, 2.75) is 77.9 Å². The highest BCUT2D eigenvalue weighted by atomic mass is 16.5. The third-order valence-corrected chi connectivity index (χ3v) is 5.08. The number of nitrogens with one attached hydrogen (secondary N) is 1. The molecule has 1 aliphatic rings. The lowest BCUT2D eigenvalue weighted by Gasteiger charge is -2.30. The Bertz CT molecular complexity index is 601. The molecular formula is C21H31NO3. The van der Waals surface area contributed by atoms with Gasteiger partial charge in [0.2, 0.25) is 0 Å². The fraction of sp³-hybridized carbons (Fsp3) is 0.619. The van der Waals surface area contributed by atoms with Crippen LogP contribution in [-0.4, -0.2) is 24.0 Å². The molecule has 0 saturated heterocycles. The van der Waals surface area contributed by atoms with E-state index in [0.29, 0.717) is 11.5 Å². The summed E-state index contributed by atoms with van der Waals surface area (Å²) in [4.78, 5) is 24.6. The molecule has 0 spiro atoms. The van der Waals surface area contributed by atoms with Crippen molar-refractivity contribution in [3.8, 4) is 0 Å². The van der Waals surface area contributed by atoms with E-state index in [-0.39, 0.29) is 17.4 Å². The maximum absolute atomic E-state index is 12.3. The predicted octanol–water partition coefficient (Wildman–Crippen LogP) is 4.22. The Morgan fingerprint density at radius 3 is 2.28 bits per heavy atom. The predicted molar refractivity (Wildman–Crippen MR) is 99.6 cm³/mol. The molecule has 1 aromatic carbocycles. The quantitative estimate of drug-likeness (QED) is 0.831. The van der Waals surface area contributed by atoms with Crippen LogP contribution in [-0.2, 0) is 14.9 Å². The van der Waals surface area contributed by atoms with E-state index in [9.17, 15) is 9.59 Å². The maximum atomic E-state index is 12.3. The van der Waals surface area contributed by atoms with Crippen LogP contribution >= 0.6 is 0 Å². The van der Waals surface area contributed by atoms with Crippen LogP contribution < -0.4 is 5.32 Å². The van der Waals surface area contributed by atoms with Crippen LogP contribution in [0.25, 0.3) is 0 Å². The van der Waals surface area contributed by atoms with Gasteiger partial charge in [-0.15, -0.1) is 0 Å². The summed E-state index contributed by atoms with van der Waals surface area (Å²) in [5.74, 6) is -0.191. The number of carbonyl (C=O) groups excluding carboxylic acids is 2. The SMILES string of the molecule is C[C@@H](OC(=O)c1ccc(C(C)(C)C)cc1)C(=O)N[C@@H]1CCCC[C@@H]1C. The molecule has 0 aromatic heterocycles. The molecule has 1 aliphatic carbocycles. The topological polar surface area (TPSA) is 55.4 Å². The molecule has 1 saturated carbocycles. The van der Waals surface area contributed by atoms with Gasteiger partial charge in [-0.2, -0.15) is 0 Å². The number of ether oxygens (including phenoxy) is 1. The average Bonchev–Trinajstić information content (AvgIpc) is 2.56. The summed E-state index contributed by atoms with van der Waals surface area (Å²) in [6.07, 6.45) is 3.72. The molecule has 0 aliphatic heterocycles. The highest BCUT2D eigenvalue weighted by Crippen LogP contribution is 2.24. The van der Waals surface area contributed by atoms with E-state index in [0.717, 1.165) is 24.8 Å². The molecule has 1 N–H and O–H groups in total. The van der Waals surface area contributed by atoms with Crippen molar-refractivity contribution in [3.05, 3.63) is 35.4 Å². The minimum Gasteiger partial charge on any atom is -0.449 e. The van der Waals surface area contributed by atoms with Gasteiger partial charge >= 0.3 is 5.97 Å². The van der Waals surface area contributed by atoms with Gasteiger partial charge in [-0.25, -0.2) is 4.79 Å². The molecule has 1 amide bonds. The normalized spacial score (nSPS) is 22.1. The van der Waals surface area contributed by atoms with Crippen molar-refractivity contribution >= 4 is 11.9 Å². The zero-order valence-corrected chi connectivity index (χ0v) is 16.1. The van der Waals surface area contributed by atoms with E-state index in [2.05, 4.69) is 33.0 Å². The van der Waals surface area contributed by atoms with Crippen LogP contribution in [0.15, 0.2) is 24.3 Å². The smallest absolute Gasteiger partial charge is 0.338 e. The fourth-order valence-corrected chi connectivity index (χ4v) is 3.22. The van der Waals surface area contributed by atoms with Gasteiger partial charge in [-0.1, -0.05) is 52.7 Å². The summed E-state index contributed by atoms with van der Waals surface area (Å²) in [5.41, 5.74) is 1.66. The van der Waals surface area contributed by atoms with Gasteiger partial charge in [0.25, 0.3) is 5.91 Å². The molecule has 0 unspecified atom stereocenters. The highest BCUT2D eigenvalue weighted by Gasteiger charge is 2.26. The molecule has 3 atom stereocenters. The number of carbonyl (C=O) groups is 2. The minimum atomic E-state index is -0.788. The summed E-state index contributed by atoms with van der Waals surface area (Å²) in [7, 11) is 0. The summed E-state index contributed by atoms with van der Waals surface area (Å²) in [6, 6.07) is 7.58. The Balaban J connectivity index is 1.91. The minimum absolute atomic E-state index is 0.0340. The number of hydrogen-bond donors (Lipinski definition) is 1. The van der Waals surface area contributed by atoms with Crippen LogP contribution in [0.5, 0.6) is 0 Å². The molecule has 25 heavy (non-hydrogen) atoms. The molecule has 138 valence electrons. The van der Waals surface area contributed by atoms with Crippen LogP contribution in [0.1, 0.15) is 76.2 Å². The number of benzene rings is 1. The van der Waals surface area contributed by atoms with E-state index < -0.39 is 12.1 Å². The zero-order chi connectivity index (χ0) is 18.6. The fourth-order valence-electron chi connectivity index (χ4n) is 3.22. The molecule has 0 radical (unpaired) electrons. The Morgan fingerprint density at radius 2 is 1.72 bits per heavy atom. The Morgan fingerprint density at radius 1 is 1.12 bits per heavy atom. The first-order valence-electron chi connectivity index (χ1n) is 9.30. The number of rotatable bonds is 4. The second-order valence-electron chi connectivity index (χ2n) is 8.25. The third-order valence-electron chi connectivity index (χ3n) is 5.08. The van der Waals surface area contributed by atoms with Crippen molar-refractivity contribution < 1.29 is 14.3 Å². The molecule has 1 fully saturated rings. The highest BCUT2D eigenvalue weighted by molar-refractivity contribution is 5.92. The largest absolute Gasteiger partial charge is 0.449 e. The van der Waals surface area contributed by atoms with Crippen LogP contribution in [0.3, 0.4) is 0 Å². The lowest BCUT2D eigenvalue weighted by atomic mass is 9.86. The van der Waals surface area contributed by atoms with Gasteiger partial charge in [0.05, 0.1) is 5.56 Å². The van der Waals surface area contributed by atoms with Crippen LogP contribution in [0.4, 0.5) is 0 Å². The van der Waals surface area contributed by atoms with E-state index in [4.69, 9.17) is 4.74 Å². The van der Waals surface area contributed by atoms with Gasteiger partial charge in [0.1, 0.15) is 0 Å². The number of amides is 1. The first-order chi connectivity index (χ1) is 11.7. The van der Waals surface area contributed by atoms with Gasteiger partial charge in [0.15, 0.2) is 6.10 Å². The molecule has 4 heteroatoms. The van der Waals surface area contributed by atoms with Gasteiger partial charge in [-0.05, 0) is 48.8 Å². The van der Waals surface area contributed by atoms with E-state index in [1.54, 1.807) is 19.1 Å². The monoisotopic (exact) mass is 345 g/mol. The van der Waals surface area contributed by atoms with Crippen molar-refractivity contribution in [2.75, 3.05) is 0 Å². The number of esters is 1. The van der Waals surface area contributed by atoms with Crippen molar-refractivity contribution in [3.63, 3.8) is 0 Å². The first-order valence-corrected chi connectivity index (χ1v) is 9.30. The van der Waals surface area contributed by atoms with E-state index in [1.807, 2.05) is 12.1 Å². The van der Waals surface area contributed by atoms with Crippen LogP contribution in [0.2, 0.25) is 0 Å². The average molecular weight is 345 g/mol. The second-order valence-corrected chi connectivity index (χ2v) is 8.25. The molecule has 4 nitrogen and oxygen atoms in total. The molecule has 0 heterocycles. The van der Waals surface area contributed by atoms with Crippen molar-refractivity contribution in [2.24, 2.45) is 5.92 Å². The molecular weight excluding hydrogens is 314 g/mol. The summed E-state index contributed by atoms with van der Waals surface area (Å²) < 4.78 is 5.35. The summed E-state index contributed by atoms with van der Waals surface area (Å²) in [5, 5.41) is 3.04. The van der Waals surface area contributed by atoms with E-state index in [1.165, 1.54) is 6.42 Å². The van der Waals surface area contributed by atoms with Gasteiger partial charge < -0.3 is 10.1 Å². The lowest BCUT2D eigenvalue weighted by molar-refractivity contribution is -0.130. The van der Waals surface area contributed by atoms with Gasteiger partial charge in [0, 0.05) is 6.04 Å². The Labute approximate surface area is 151 Å². The Hall–Kier alpha value is -1.84. The number of hydrogen-bond acceptors (Lipinski definition) is 3. The standard InChI is InChI=1S/C21H31NO3/c1-14-8-6-7-9-18(14)22-19(23)15(2)25-20(24)16-10-12-17(13-11-16)21(3,4)5/h10-15,18H,6-9H2,1-5H3,(H,22,23)/t14-,15+,18+/m0/s1. The zero-order valence-electron chi connectivity index (χ0n) is 16.1. The van der Waals surface area contributed by atoms with Crippen molar-refractivity contribution in [1.82, 2.24) is 5.32 Å². The van der Waals surface area contributed by atoms with Gasteiger partial charge in [-0.3, -0.25) is 4.79 Å². The molecule has 2 rings (SSSR count).